The third kappa shape index (κ3) is 3.72. The van der Waals surface area contributed by atoms with Gasteiger partial charge in [0.15, 0.2) is 0 Å². The SMILES string of the molecule is CNCCN1C(=O)CCC2CN(C(=O)c3cnc4c(c3)CCCC4)CCC21. The van der Waals surface area contributed by atoms with Gasteiger partial charge in [-0.25, -0.2) is 0 Å². The van der Waals surface area contributed by atoms with Gasteiger partial charge >= 0.3 is 0 Å². The minimum atomic E-state index is 0.105. The Labute approximate surface area is 161 Å². The first-order valence-electron chi connectivity index (χ1n) is 10.4. The molecule has 1 aromatic rings. The molecule has 2 amide bonds. The minimum Gasteiger partial charge on any atom is -0.338 e. The summed E-state index contributed by atoms with van der Waals surface area (Å²) in [6.07, 6.45) is 8.61. The summed E-state index contributed by atoms with van der Waals surface area (Å²) in [6.45, 7) is 3.06. The first-order valence-corrected chi connectivity index (χ1v) is 10.4. The van der Waals surface area contributed by atoms with E-state index in [-0.39, 0.29) is 17.9 Å². The smallest absolute Gasteiger partial charge is 0.255 e. The van der Waals surface area contributed by atoms with Gasteiger partial charge in [-0.3, -0.25) is 14.6 Å². The van der Waals surface area contributed by atoms with Crippen LogP contribution in [-0.4, -0.2) is 65.9 Å². The maximum Gasteiger partial charge on any atom is 0.255 e. The van der Waals surface area contributed by atoms with Crippen LogP contribution in [0.5, 0.6) is 0 Å². The number of aromatic nitrogens is 1. The lowest BCUT2D eigenvalue weighted by Gasteiger charge is -2.47. The molecule has 1 N–H and O–H groups in total. The van der Waals surface area contributed by atoms with Crippen LogP contribution in [0.15, 0.2) is 12.3 Å². The normalized spacial score (nSPS) is 25.1. The highest BCUT2D eigenvalue weighted by molar-refractivity contribution is 5.94. The van der Waals surface area contributed by atoms with Crippen LogP contribution >= 0.6 is 0 Å². The standard InChI is InChI=1S/C21H30N4O2/c1-22-9-11-25-19-8-10-24(14-16(19)6-7-20(25)26)21(27)17-12-15-4-2-3-5-18(15)23-13-17/h12-13,16,19,22H,2-11,14H2,1H3. The molecule has 146 valence electrons. The molecule has 0 spiro atoms. The predicted molar refractivity (Wildman–Crippen MR) is 104 cm³/mol. The molecule has 2 fully saturated rings. The number of piperidine rings is 2. The molecule has 2 unspecified atom stereocenters. The van der Waals surface area contributed by atoms with Crippen LogP contribution in [0.1, 0.15) is 53.7 Å². The maximum absolute atomic E-state index is 13.1. The summed E-state index contributed by atoms with van der Waals surface area (Å²) in [6, 6.07) is 2.35. The lowest BCUT2D eigenvalue weighted by molar-refractivity contribution is -0.140. The van der Waals surface area contributed by atoms with Crippen molar-refractivity contribution in [2.24, 2.45) is 5.92 Å². The van der Waals surface area contributed by atoms with Crippen molar-refractivity contribution in [2.45, 2.75) is 51.0 Å². The number of hydrogen-bond acceptors (Lipinski definition) is 4. The molecule has 27 heavy (non-hydrogen) atoms. The van der Waals surface area contributed by atoms with Gasteiger partial charge in [0.25, 0.3) is 5.91 Å². The Bertz CT molecular complexity index is 720. The maximum atomic E-state index is 13.1. The number of aryl methyl sites for hydroxylation is 2. The molecule has 1 aromatic heterocycles. The van der Waals surface area contributed by atoms with Crippen LogP contribution in [0.2, 0.25) is 0 Å². The number of amides is 2. The lowest BCUT2D eigenvalue weighted by atomic mass is 9.83. The molecule has 4 rings (SSSR count). The fraction of sp³-hybridized carbons (Fsp3) is 0.667. The summed E-state index contributed by atoms with van der Waals surface area (Å²) in [5, 5.41) is 3.14. The summed E-state index contributed by atoms with van der Waals surface area (Å²) in [4.78, 5) is 34.0. The number of likely N-dealkylation sites (N-methyl/N-ethyl adjacent to an activating group) is 1. The summed E-state index contributed by atoms with van der Waals surface area (Å²) >= 11 is 0. The Balaban J connectivity index is 1.44. The second kappa shape index (κ2) is 7.97. The summed E-state index contributed by atoms with van der Waals surface area (Å²) < 4.78 is 0. The second-order valence-electron chi connectivity index (χ2n) is 8.13. The van der Waals surface area contributed by atoms with Crippen molar-refractivity contribution >= 4 is 11.8 Å². The number of pyridine rings is 1. The fourth-order valence-corrected chi connectivity index (χ4v) is 4.95. The molecule has 2 atom stereocenters. The Kier molecular flexibility index (Phi) is 5.43. The van der Waals surface area contributed by atoms with Crippen molar-refractivity contribution in [3.63, 3.8) is 0 Å². The molecule has 6 heteroatoms. The Morgan fingerprint density at radius 2 is 2.11 bits per heavy atom. The molecule has 1 aliphatic carbocycles. The van der Waals surface area contributed by atoms with E-state index in [4.69, 9.17) is 0 Å². The van der Waals surface area contributed by atoms with Crippen molar-refractivity contribution in [2.75, 3.05) is 33.2 Å². The number of nitrogens with zero attached hydrogens (tertiary/aromatic N) is 3. The number of carbonyl (C=O) groups excluding carboxylic acids is 2. The molecule has 0 radical (unpaired) electrons. The van der Waals surface area contributed by atoms with Crippen LogP contribution in [-0.2, 0) is 17.6 Å². The minimum absolute atomic E-state index is 0.105. The van der Waals surface area contributed by atoms with Gasteiger partial charge < -0.3 is 15.1 Å². The summed E-state index contributed by atoms with van der Waals surface area (Å²) in [5.74, 6) is 0.765. The van der Waals surface area contributed by atoms with E-state index in [0.717, 1.165) is 57.4 Å². The molecule has 2 saturated heterocycles. The van der Waals surface area contributed by atoms with E-state index >= 15 is 0 Å². The molecule has 3 heterocycles. The van der Waals surface area contributed by atoms with E-state index < -0.39 is 0 Å². The highest BCUT2D eigenvalue weighted by atomic mass is 16.2. The van der Waals surface area contributed by atoms with Crippen LogP contribution in [0, 0.1) is 5.92 Å². The highest BCUT2D eigenvalue weighted by Crippen LogP contribution is 2.32. The van der Waals surface area contributed by atoms with Crippen molar-refractivity contribution in [1.82, 2.24) is 20.1 Å². The third-order valence-electron chi connectivity index (χ3n) is 6.45. The van der Waals surface area contributed by atoms with E-state index in [0.29, 0.717) is 12.3 Å². The molecule has 3 aliphatic rings. The number of hydrogen-bond donors (Lipinski definition) is 1. The van der Waals surface area contributed by atoms with E-state index in [9.17, 15) is 9.59 Å². The quantitative estimate of drug-likeness (QED) is 0.875. The first-order chi connectivity index (χ1) is 13.2. The van der Waals surface area contributed by atoms with Gasteiger partial charge in [-0.2, -0.15) is 0 Å². The molecule has 0 aromatic carbocycles. The average Bonchev–Trinajstić information content (AvgIpc) is 2.72. The van der Waals surface area contributed by atoms with Crippen molar-refractivity contribution < 1.29 is 9.59 Å². The predicted octanol–water partition coefficient (Wildman–Crippen LogP) is 1.63. The zero-order valence-corrected chi connectivity index (χ0v) is 16.2. The number of likely N-dealkylation sites (tertiary alicyclic amines) is 2. The molecular formula is C21H30N4O2. The van der Waals surface area contributed by atoms with Crippen LogP contribution in [0.25, 0.3) is 0 Å². The van der Waals surface area contributed by atoms with Gasteiger partial charge in [-0.1, -0.05) is 0 Å². The molecule has 0 bridgehead atoms. The van der Waals surface area contributed by atoms with Gasteiger partial charge in [0.05, 0.1) is 5.56 Å². The van der Waals surface area contributed by atoms with E-state index in [2.05, 4.69) is 16.4 Å². The molecule has 6 nitrogen and oxygen atoms in total. The summed E-state index contributed by atoms with van der Waals surface area (Å²) in [5.41, 5.74) is 3.15. The van der Waals surface area contributed by atoms with Crippen LogP contribution < -0.4 is 5.32 Å². The zero-order chi connectivity index (χ0) is 18.8. The number of carbonyl (C=O) groups is 2. The Hall–Kier alpha value is -1.95. The van der Waals surface area contributed by atoms with Crippen LogP contribution in [0.3, 0.4) is 0 Å². The topological polar surface area (TPSA) is 65.5 Å². The van der Waals surface area contributed by atoms with E-state index in [1.165, 1.54) is 24.1 Å². The lowest BCUT2D eigenvalue weighted by Crippen LogP contribution is -2.57. The monoisotopic (exact) mass is 370 g/mol. The molecule has 0 saturated carbocycles. The third-order valence-corrected chi connectivity index (χ3v) is 6.45. The molecular weight excluding hydrogens is 340 g/mol. The fourth-order valence-electron chi connectivity index (χ4n) is 4.95. The van der Waals surface area contributed by atoms with Crippen LogP contribution in [0.4, 0.5) is 0 Å². The van der Waals surface area contributed by atoms with Crippen molar-refractivity contribution in [3.05, 3.63) is 29.1 Å². The van der Waals surface area contributed by atoms with Crippen molar-refractivity contribution in [3.8, 4) is 0 Å². The van der Waals surface area contributed by atoms with Gasteiger partial charge in [0.1, 0.15) is 0 Å². The Morgan fingerprint density at radius 3 is 2.96 bits per heavy atom. The van der Waals surface area contributed by atoms with E-state index in [1.54, 1.807) is 6.20 Å². The number of nitrogens with one attached hydrogen (secondary N) is 1. The van der Waals surface area contributed by atoms with Gasteiger partial charge in [0.2, 0.25) is 5.91 Å². The second-order valence-corrected chi connectivity index (χ2v) is 8.13. The van der Waals surface area contributed by atoms with Crippen molar-refractivity contribution in [1.29, 1.82) is 0 Å². The Morgan fingerprint density at radius 1 is 1.26 bits per heavy atom. The molecule has 2 aliphatic heterocycles. The van der Waals surface area contributed by atoms with E-state index in [1.807, 2.05) is 16.8 Å². The van der Waals surface area contributed by atoms with Gasteiger partial charge in [0, 0.05) is 50.5 Å². The number of rotatable bonds is 4. The average molecular weight is 370 g/mol. The first kappa shape index (κ1) is 18.4. The summed E-state index contributed by atoms with van der Waals surface area (Å²) in [7, 11) is 1.92. The van der Waals surface area contributed by atoms with Gasteiger partial charge in [-0.15, -0.1) is 0 Å². The van der Waals surface area contributed by atoms with Gasteiger partial charge in [-0.05, 0) is 63.1 Å². The number of fused-ring (bicyclic) bond motifs is 2. The largest absolute Gasteiger partial charge is 0.338 e. The highest BCUT2D eigenvalue weighted by Gasteiger charge is 2.40. The zero-order valence-electron chi connectivity index (χ0n) is 16.2.